The van der Waals surface area contributed by atoms with Crippen LogP contribution in [0.25, 0.3) is 6.08 Å². The Morgan fingerprint density at radius 2 is 2.05 bits per heavy atom. The molecule has 0 heterocycles. The summed E-state index contributed by atoms with van der Waals surface area (Å²) in [5.74, 6) is -0.0954. The van der Waals surface area contributed by atoms with Crippen molar-refractivity contribution in [1.82, 2.24) is 0 Å². The molecule has 4 heteroatoms. The van der Waals surface area contributed by atoms with Crippen LogP contribution < -0.4 is 4.74 Å². The molecule has 0 spiro atoms. The standard InChI is InChI=1S/C18H17ClO3/c1-3-7-13-14(10-11-15(20)17(13)19)18(21)22-16-9-6-5-8-12(16)4-2/h4-6,8-11,20H,2-3,7H2,1H3. The molecule has 0 fully saturated rings. The highest BCUT2D eigenvalue weighted by molar-refractivity contribution is 6.33. The molecule has 0 aliphatic carbocycles. The number of hydrogen-bond acceptors (Lipinski definition) is 3. The van der Waals surface area contributed by atoms with Crippen LogP contribution in [0, 0.1) is 0 Å². The van der Waals surface area contributed by atoms with Crippen LogP contribution in [0.2, 0.25) is 5.02 Å². The fraction of sp³-hybridized carbons (Fsp3) is 0.167. The Balaban J connectivity index is 2.37. The van der Waals surface area contributed by atoms with E-state index in [1.54, 1.807) is 18.2 Å². The van der Waals surface area contributed by atoms with Gasteiger partial charge in [-0.2, -0.15) is 0 Å². The lowest BCUT2D eigenvalue weighted by Crippen LogP contribution is -2.12. The van der Waals surface area contributed by atoms with Gasteiger partial charge in [-0.3, -0.25) is 0 Å². The molecule has 114 valence electrons. The van der Waals surface area contributed by atoms with E-state index in [0.29, 0.717) is 23.3 Å². The highest BCUT2D eigenvalue weighted by atomic mass is 35.5. The number of aromatic hydroxyl groups is 1. The van der Waals surface area contributed by atoms with Crippen molar-refractivity contribution >= 4 is 23.6 Å². The molecule has 0 atom stereocenters. The minimum absolute atomic E-state index is 0.0341. The molecule has 22 heavy (non-hydrogen) atoms. The Bertz CT molecular complexity index is 707. The number of halogens is 1. The highest BCUT2D eigenvalue weighted by Gasteiger charge is 2.18. The van der Waals surface area contributed by atoms with Crippen molar-refractivity contribution < 1.29 is 14.6 Å². The Labute approximate surface area is 134 Å². The second kappa shape index (κ2) is 7.14. The third-order valence-electron chi connectivity index (χ3n) is 3.28. The number of ether oxygens (including phenoxy) is 1. The monoisotopic (exact) mass is 316 g/mol. The van der Waals surface area contributed by atoms with Gasteiger partial charge in [0.05, 0.1) is 10.6 Å². The number of rotatable bonds is 5. The Kier molecular flexibility index (Phi) is 5.23. The fourth-order valence-electron chi connectivity index (χ4n) is 2.19. The topological polar surface area (TPSA) is 46.5 Å². The summed E-state index contributed by atoms with van der Waals surface area (Å²) in [4.78, 5) is 12.4. The number of esters is 1. The molecule has 3 nitrogen and oxygen atoms in total. The quantitative estimate of drug-likeness (QED) is 0.633. The van der Waals surface area contributed by atoms with Crippen molar-refractivity contribution in [1.29, 1.82) is 0 Å². The highest BCUT2D eigenvalue weighted by Crippen LogP contribution is 2.31. The largest absolute Gasteiger partial charge is 0.506 e. The van der Waals surface area contributed by atoms with Crippen LogP contribution in [0.5, 0.6) is 11.5 Å². The van der Waals surface area contributed by atoms with Crippen LogP contribution in [0.3, 0.4) is 0 Å². The number of benzene rings is 2. The van der Waals surface area contributed by atoms with E-state index in [9.17, 15) is 9.90 Å². The van der Waals surface area contributed by atoms with Crippen molar-refractivity contribution in [2.24, 2.45) is 0 Å². The maximum Gasteiger partial charge on any atom is 0.343 e. The second-order valence-electron chi connectivity index (χ2n) is 4.81. The molecule has 0 unspecified atom stereocenters. The second-order valence-corrected chi connectivity index (χ2v) is 5.18. The predicted molar refractivity (Wildman–Crippen MR) is 88.6 cm³/mol. The summed E-state index contributed by atoms with van der Waals surface area (Å²) in [7, 11) is 0. The van der Waals surface area contributed by atoms with Gasteiger partial charge in [-0.25, -0.2) is 4.79 Å². The molecule has 0 bridgehead atoms. The Morgan fingerprint density at radius 3 is 2.73 bits per heavy atom. The summed E-state index contributed by atoms with van der Waals surface area (Å²) in [5, 5.41) is 9.91. The maximum absolute atomic E-state index is 12.4. The first-order valence-electron chi connectivity index (χ1n) is 7.02. The molecular formula is C18H17ClO3. The number of phenolic OH excluding ortho intramolecular Hbond substituents is 1. The SMILES string of the molecule is C=Cc1ccccc1OC(=O)c1ccc(O)c(Cl)c1CCC. The lowest BCUT2D eigenvalue weighted by Gasteiger charge is -2.12. The van der Waals surface area contributed by atoms with Gasteiger partial charge in [0.1, 0.15) is 11.5 Å². The van der Waals surface area contributed by atoms with E-state index >= 15 is 0 Å². The van der Waals surface area contributed by atoms with Gasteiger partial charge in [-0.05, 0) is 30.2 Å². The molecule has 0 aliphatic rings. The van der Waals surface area contributed by atoms with Gasteiger partial charge in [0, 0.05) is 5.56 Å². The number of carbonyl (C=O) groups excluding carboxylic acids is 1. The van der Waals surface area contributed by atoms with Crippen molar-refractivity contribution in [2.45, 2.75) is 19.8 Å². The summed E-state index contributed by atoms with van der Waals surface area (Å²) in [6, 6.07) is 10.1. The van der Waals surface area contributed by atoms with Gasteiger partial charge >= 0.3 is 5.97 Å². The molecule has 2 aromatic carbocycles. The third-order valence-corrected chi connectivity index (χ3v) is 3.71. The Morgan fingerprint density at radius 1 is 1.32 bits per heavy atom. The third kappa shape index (κ3) is 3.31. The first-order valence-corrected chi connectivity index (χ1v) is 7.40. The van der Waals surface area contributed by atoms with Gasteiger partial charge in [0.2, 0.25) is 0 Å². The number of phenols is 1. The smallest absolute Gasteiger partial charge is 0.343 e. The summed E-state index contributed by atoms with van der Waals surface area (Å²) >= 11 is 6.11. The first-order chi connectivity index (χ1) is 10.6. The normalized spacial score (nSPS) is 10.3. The van der Waals surface area contributed by atoms with E-state index in [2.05, 4.69) is 6.58 Å². The minimum Gasteiger partial charge on any atom is -0.506 e. The zero-order valence-corrected chi connectivity index (χ0v) is 13.1. The molecule has 2 aromatic rings. The van der Waals surface area contributed by atoms with Crippen molar-refractivity contribution in [3.63, 3.8) is 0 Å². The summed E-state index contributed by atoms with van der Waals surface area (Å²) < 4.78 is 5.45. The van der Waals surface area contributed by atoms with Crippen LogP contribution >= 0.6 is 11.6 Å². The predicted octanol–water partition coefficient (Wildman–Crippen LogP) is 4.86. The van der Waals surface area contributed by atoms with Gasteiger partial charge in [-0.1, -0.05) is 55.8 Å². The van der Waals surface area contributed by atoms with E-state index in [0.717, 1.165) is 12.0 Å². The van der Waals surface area contributed by atoms with Crippen molar-refractivity contribution in [2.75, 3.05) is 0 Å². The lowest BCUT2D eigenvalue weighted by atomic mass is 10.0. The minimum atomic E-state index is -0.500. The maximum atomic E-state index is 12.4. The molecule has 0 aromatic heterocycles. The van der Waals surface area contributed by atoms with Gasteiger partial charge in [-0.15, -0.1) is 0 Å². The zero-order valence-electron chi connectivity index (χ0n) is 12.3. The van der Waals surface area contributed by atoms with Crippen LogP contribution in [0.15, 0.2) is 43.0 Å². The zero-order chi connectivity index (χ0) is 16.1. The summed E-state index contributed by atoms with van der Waals surface area (Å²) in [6.07, 6.45) is 3.01. The van der Waals surface area contributed by atoms with Crippen LogP contribution in [0.1, 0.15) is 34.8 Å². The van der Waals surface area contributed by atoms with E-state index in [1.165, 1.54) is 12.1 Å². The van der Waals surface area contributed by atoms with Gasteiger partial charge in [0.25, 0.3) is 0 Å². The van der Waals surface area contributed by atoms with E-state index < -0.39 is 5.97 Å². The lowest BCUT2D eigenvalue weighted by molar-refractivity contribution is 0.0733. The number of carbonyl (C=O) groups is 1. The van der Waals surface area contributed by atoms with Gasteiger partial charge < -0.3 is 9.84 Å². The fourth-order valence-corrected chi connectivity index (χ4v) is 2.45. The molecule has 0 radical (unpaired) electrons. The van der Waals surface area contributed by atoms with Crippen LogP contribution in [-0.4, -0.2) is 11.1 Å². The average Bonchev–Trinajstić information content (AvgIpc) is 2.52. The van der Waals surface area contributed by atoms with E-state index in [1.807, 2.05) is 19.1 Å². The molecule has 0 saturated carbocycles. The summed E-state index contributed by atoms with van der Waals surface area (Å²) in [6.45, 7) is 5.67. The van der Waals surface area contributed by atoms with Crippen LogP contribution in [0.4, 0.5) is 0 Å². The number of para-hydroxylation sites is 1. The molecule has 1 N–H and O–H groups in total. The molecule has 0 aliphatic heterocycles. The molecular weight excluding hydrogens is 300 g/mol. The molecule has 2 rings (SSSR count). The van der Waals surface area contributed by atoms with E-state index in [4.69, 9.17) is 16.3 Å². The summed E-state index contributed by atoms with van der Waals surface area (Å²) in [5.41, 5.74) is 1.70. The number of hydrogen-bond donors (Lipinski definition) is 1. The first kappa shape index (κ1) is 16.1. The van der Waals surface area contributed by atoms with Crippen molar-refractivity contribution in [3.8, 4) is 11.5 Å². The molecule has 0 saturated heterocycles. The Hall–Kier alpha value is -2.26. The van der Waals surface area contributed by atoms with Crippen LogP contribution in [-0.2, 0) is 6.42 Å². The van der Waals surface area contributed by atoms with E-state index in [-0.39, 0.29) is 10.8 Å². The molecule has 0 amide bonds. The van der Waals surface area contributed by atoms with Crippen molar-refractivity contribution in [3.05, 3.63) is 64.7 Å². The average molecular weight is 317 g/mol. The van der Waals surface area contributed by atoms with Gasteiger partial charge in [0.15, 0.2) is 0 Å².